The Morgan fingerprint density at radius 2 is 1.67 bits per heavy atom. The summed E-state index contributed by atoms with van der Waals surface area (Å²) >= 11 is 0. The zero-order chi connectivity index (χ0) is 26.0. The van der Waals surface area contributed by atoms with Gasteiger partial charge in [0.1, 0.15) is 23.1 Å². The molecule has 190 valence electrons. The summed E-state index contributed by atoms with van der Waals surface area (Å²) < 4.78 is 73.9. The highest BCUT2D eigenvalue weighted by Gasteiger charge is 2.30. The molecule has 0 radical (unpaired) electrons. The van der Waals surface area contributed by atoms with Crippen LogP contribution in [0.5, 0.6) is 11.6 Å². The molecule has 1 N–H and O–H groups in total. The number of aliphatic carboxylic acids is 1. The number of carboxylic acids is 1. The van der Waals surface area contributed by atoms with Crippen LogP contribution < -0.4 is 9.64 Å². The average Bonchev–Trinajstić information content (AvgIpc) is 2.79. The van der Waals surface area contributed by atoms with E-state index in [9.17, 15) is 18.0 Å². The monoisotopic (exact) mass is 507 g/mol. The Morgan fingerprint density at radius 1 is 1.06 bits per heavy atom. The molecule has 1 fully saturated rings. The van der Waals surface area contributed by atoms with E-state index in [-0.39, 0.29) is 41.0 Å². The highest BCUT2D eigenvalue weighted by molar-refractivity contribution is 5.67. The Kier molecular flexibility index (Phi) is 7.09. The molecule has 4 rings (SSSR count). The fraction of sp³-hybridized carbons (Fsp3) is 0.320. The van der Waals surface area contributed by atoms with Gasteiger partial charge in [-0.1, -0.05) is 0 Å². The molecule has 1 aromatic heterocycles. The van der Waals surface area contributed by atoms with Gasteiger partial charge in [-0.2, -0.15) is 18.2 Å². The zero-order valence-corrected chi connectivity index (χ0v) is 19.1. The van der Waals surface area contributed by atoms with Gasteiger partial charge in [-0.3, -0.25) is 4.79 Å². The molecule has 2 heterocycles. The molecule has 0 spiro atoms. The summed E-state index contributed by atoms with van der Waals surface area (Å²) in [4.78, 5) is 20.8. The lowest BCUT2D eigenvalue weighted by molar-refractivity contribution is -0.138. The number of ether oxygens (including phenoxy) is 1. The van der Waals surface area contributed by atoms with Gasteiger partial charge in [-0.15, -0.1) is 0 Å². The number of nitrogens with zero attached hydrogens (tertiary/aromatic N) is 3. The molecular weight excluding hydrogens is 485 g/mol. The van der Waals surface area contributed by atoms with Gasteiger partial charge in [0, 0.05) is 36.8 Å². The quantitative estimate of drug-likeness (QED) is 0.399. The van der Waals surface area contributed by atoms with Crippen molar-refractivity contribution in [3.63, 3.8) is 0 Å². The first kappa shape index (κ1) is 25.3. The van der Waals surface area contributed by atoms with Crippen LogP contribution in [0.2, 0.25) is 0 Å². The minimum absolute atomic E-state index is 0.00246. The molecule has 3 aromatic rings. The van der Waals surface area contributed by atoms with E-state index >= 15 is 8.78 Å². The van der Waals surface area contributed by atoms with Gasteiger partial charge in [0.25, 0.3) is 0 Å². The van der Waals surface area contributed by atoms with Gasteiger partial charge in [0.2, 0.25) is 5.88 Å². The Hall–Kier alpha value is -3.76. The van der Waals surface area contributed by atoms with Crippen LogP contribution in [0.3, 0.4) is 0 Å². The Morgan fingerprint density at radius 3 is 2.22 bits per heavy atom. The van der Waals surface area contributed by atoms with Crippen molar-refractivity contribution in [3.8, 4) is 23.0 Å². The first-order valence-electron chi connectivity index (χ1n) is 11.2. The number of halogens is 5. The van der Waals surface area contributed by atoms with Crippen molar-refractivity contribution in [2.24, 2.45) is 5.92 Å². The molecule has 0 bridgehead atoms. The van der Waals surface area contributed by atoms with Crippen molar-refractivity contribution in [2.75, 3.05) is 18.0 Å². The first-order valence-corrected chi connectivity index (χ1v) is 11.2. The third-order valence-electron chi connectivity index (χ3n) is 5.90. The van der Waals surface area contributed by atoms with Gasteiger partial charge in [-0.05, 0) is 62.1 Å². The molecular formula is C25H22F5N3O3. The number of piperidine rings is 1. The molecule has 0 amide bonds. The molecule has 0 aliphatic carbocycles. The molecule has 0 unspecified atom stereocenters. The molecule has 0 atom stereocenters. The lowest BCUT2D eigenvalue weighted by Crippen LogP contribution is -2.35. The molecule has 2 aromatic carbocycles. The van der Waals surface area contributed by atoms with Crippen LogP contribution in [-0.2, 0) is 11.0 Å². The normalized spacial score (nSPS) is 14.7. The summed E-state index contributed by atoms with van der Waals surface area (Å²) in [6.07, 6.45) is -3.43. The third-order valence-corrected chi connectivity index (χ3v) is 5.90. The average molecular weight is 507 g/mol. The molecule has 1 aliphatic heterocycles. The lowest BCUT2D eigenvalue weighted by atomic mass is 9.93. The molecule has 36 heavy (non-hydrogen) atoms. The summed E-state index contributed by atoms with van der Waals surface area (Å²) in [5.74, 6) is -2.45. The number of anilines is 1. The zero-order valence-electron chi connectivity index (χ0n) is 19.1. The van der Waals surface area contributed by atoms with Crippen molar-refractivity contribution in [3.05, 3.63) is 65.4 Å². The number of carbonyl (C=O) groups is 1. The fourth-order valence-electron chi connectivity index (χ4n) is 4.16. The summed E-state index contributed by atoms with van der Waals surface area (Å²) in [5.41, 5.74) is -0.532. The highest BCUT2D eigenvalue weighted by Crippen LogP contribution is 2.34. The third kappa shape index (κ3) is 5.89. The number of carboxylic acid groups (broad SMARTS) is 1. The lowest BCUT2D eigenvalue weighted by Gasteiger charge is -2.33. The number of hydrogen-bond acceptors (Lipinski definition) is 5. The van der Waals surface area contributed by atoms with E-state index in [1.165, 1.54) is 6.07 Å². The van der Waals surface area contributed by atoms with Crippen molar-refractivity contribution in [1.82, 2.24) is 9.97 Å². The minimum Gasteiger partial charge on any atom is -0.481 e. The van der Waals surface area contributed by atoms with Gasteiger partial charge in [-0.25, -0.2) is 13.8 Å². The predicted octanol–water partition coefficient (Wildman–Crippen LogP) is 6.23. The van der Waals surface area contributed by atoms with Crippen molar-refractivity contribution >= 4 is 11.7 Å². The topological polar surface area (TPSA) is 75.5 Å². The maximum absolute atomic E-state index is 15.0. The van der Waals surface area contributed by atoms with Gasteiger partial charge < -0.3 is 14.7 Å². The van der Waals surface area contributed by atoms with Gasteiger partial charge in [0.15, 0.2) is 5.82 Å². The highest BCUT2D eigenvalue weighted by atomic mass is 19.4. The summed E-state index contributed by atoms with van der Waals surface area (Å²) in [6, 6.07) is 7.71. The van der Waals surface area contributed by atoms with Gasteiger partial charge >= 0.3 is 12.1 Å². The molecule has 6 nitrogen and oxygen atoms in total. The van der Waals surface area contributed by atoms with Crippen LogP contribution >= 0.6 is 0 Å². The fourth-order valence-corrected chi connectivity index (χ4v) is 4.16. The number of aromatic nitrogens is 2. The predicted molar refractivity (Wildman–Crippen MR) is 121 cm³/mol. The van der Waals surface area contributed by atoms with Crippen LogP contribution in [0.25, 0.3) is 11.4 Å². The van der Waals surface area contributed by atoms with Crippen molar-refractivity contribution < 1.29 is 36.6 Å². The second-order valence-electron chi connectivity index (χ2n) is 8.61. The van der Waals surface area contributed by atoms with E-state index in [2.05, 4.69) is 9.97 Å². The first-order chi connectivity index (χ1) is 17.0. The van der Waals surface area contributed by atoms with E-state index in [4.69, 9.17) is 9.84 Å². The molecule has 0 saturated carbocycles. The summed E-state index contributed by atoms with van der Waals surface area (Å²) in [7, 11) is 0. The second kappa shape index (κ2) is 10.1. The number of aryl methyl sites for hydroxylation is 1. The van der Waals surface area contributed by atoms with Crippen molar-refractivity contribution in [2.45, 2.75) is 32.4 Å². The maximum atomic E-state index is 15.0. The number of alkyl halides is 3. The SMILES string of the molecule is Cc1cc(Oc2ccc(C(F)(F)F)cc2)nc(-c2cc(F)c(N3CCC(CC(=O)O)CC3)c(F)c2)n1. The number of benzene rings is 2. The summed E-state index contributed by atoms with van der Waals surface area (Å²) in [6.45, 7) is 2.28. The van der Waals surface area contributed by atoms with Crippen LogP contribution in [0, 0.1) is 24.5 Å². The van der Waals surface area contributed by atoms with Crippen LogP contribution in [0.1, 0.15) is 30.5 Å². The van der Waals surface area contributed by atoms with E-state index in [1.807, 2.05) is 0 Å². The van der Waals surface area contributed by atoms with Crippen LogP contribution in [0.15, 0.2) is 42.5 Å². The van der Waals surface area contributed by atoms with Gasteiger partial charge in [0.05, 0.1) is 5.56 Å². The smallest absolute Gasteiger partial charge is 0.416 e. The van der Waals surface area contributed by atoms with E-state index in [0.29, 0.717) is 31.6 Å². The maximum Gasteiger partial charge on any atom is 0.416 e. The number of hydrogen-bond donors (Lipinski definition) is 1. The summed E-state index contributed by atoms with van der Waals surface area (Å²) in [5, 5.41) is 8.94. The van der Waals surface area contributed by atoms with E-state index in [0.717, 1.165) is 36.4 Å². The molecule has 11 heteroatoms. The second-order valence-corrected chi connectivity index (χ2v) is 8.61. The largest absolute Gasteiger partial charge is 0.481 e. The standard InChI is InChI=1S/C25H22F5N3O3/c1-14-10-21(36-18-4-2-17(3-5-18)25(28,29)30)32-24(31-14)16-12-19(26)23(20(27)13-16)33-8-6-15(7-9-33)11-22(34)35/h2-5,10,12-13,15H,6-9,11H2,1H3,(H,34,35). The minimum atomic E-state index is -4.48. The number of rotatable bonds is 6. The van der Waals surface area contributed by atoms with Crippen LogP contribution in [-0.4, -0.2) is 34.1 Å². The Balaban J connectivity index is 1.54. The van der Waals surface area contributed by atoms with E-state index < -0.39 is 29.3 Å². The Bertz CT molecular complexity index is 1230. The molecule has 1 saturated heterocycles. The molecule has 1 aliphatic rings. The van der Waals surface area contributed by atoms with Crippen molar-refractivity contribution in [1.29, 1.82) is 0 Å². The van der Waals surface area contributed by atoms with E-state index in [1.54, 1.807) is 11.8 Å². The van der Waals surface area contributed by atoms with Crippen LogP contribution in [0.4, 0.5) is 27.6 Å². The Labute approximate surface area is 203 Å².